The number of hydrogen-bond acceptors (Lipinski definition) is 2. The molecule has 1 aliphatic carbocycles. The summed E-state index contributed by atoms with van der Waals surface area (Å²) in [5.74, 6) is 0.640. The highest BCUT2D eigenvalue weighted by molar-refractivity contribution is 9.10. The van der Waals surface area contributed by atoms with Crippen LogP contribution >= 0.6 is 15.9 Å². The standard InChI is InChI=1S/C17H17BrFNO/c1-11-3-2-4-15(17(11)19)21-16-9-13(18)6-5-12(16)10-20-14-7-8-14/h2-6,9,14,20H,7-8,10H2,1H3. The van der Waals surface area contributed by atoms with Crippen molar-refractivity contribution in [3.05, 3.63) is 57.8 Å². The molecule has 1 aliphatic rings. The summed E-state index contributed by atoms with van der Waals surface area (Å²) in [6.45, 7) is 2.47. The second-order valence-corrected chi connectivity index (χ2v) is 6.31. The molecule has 0 spiro atoms. The lowest BCUT2D eigenvalue weighted by Gasteiger charge is -2.13. The van der Waals surface area contributed by atoms with Crippen LogP contribution in [0.15, 0.2) is 40.9 Å². The highest BCUT2D eigenvalue weighted by Gasteiger charge is 2.21. The van der Waals surface area contributed by atoms with Crippen molar-refractivity contribution < 1.29 is 9.13 Å². The zero-order valence-electron chi connectivity index (χ0n) is 11.8. The fraction of sp³-hybridized carbons (Fsp3) is 0.294. The van der Waals surface area contributed by atoms with E-state index in [-0.39, 0.29) is 11.6 Å². The maximum absolute atomic E-state index is 14.1. The van der Waals surface area contributed by atoms with Crippen LogP contribution < -0.4 is 10.1 Å². The third-order valence-electron chi connectivity index (χ3n) is 3.56. The van der Waals surface area contributed by atoms with E-state index in [1.165, 1.54) is 12.8 Å². The van der Waals surface area contributed by atoms with Gasteiger partial charge in [-0.2, -0.15) is 0 Å². The maximum atomic E-state index is 14.1. The van der Waals surface area contributed by atoms with Gasteiger partial charge in [-0.15, -0.1) is 0 Å². The lowest BCUT2D eigenvalue weighted by Crippen LogP contribution is -2.15. The fourth-order valence-corrected chi connectivity index (χ4v) is 2.47. The topological polar surface area (TPSA) is 21.3 Å². The van der Waals surface area contributed by atoms with Gasteiger partial charge < -0.3 is 10.1 Å². The summed E-state index contributed by atoms with van der Waals surface area (Å²) >= 11 is 3.44. The Bertz CT molecular complexity index is 655. The van der Waals surface area contributed by atoms with Crippen molar-refractivity contribution in [2.45, 2.75) is 32.4 Å². The van der Waals surface area contributed by atoms with Gasteiger partial charge in [-0.1, -0.05) is 34.1 Å². The zero-order chi connectivity index (χ0) is 14.8. The van der Waals surface area contributed by atoms with Gasteiger partial charge in [0.15, 0.2) is 11.6 Å². The van der Waals surface area contributed by atoms with Crippen LogP contribution in [0.1, 0.15) is 24.0 Å². The Balaban J connectivity index is 1.85. The van der Waals surface area contributed by atoms with E-state index in [1.807, 2.05) is 18.2 Å². The van der Waals surface area contributed by atoms with E-state index in [2.05, 4.69) is 21.2 Å². The molecule has 0 atom stereocenters. The summed E-state index contributed by atoms with van der Waals surface area (Å²) in [4.78, 5) is 0. The first-order valence-electron chi connectivity index (χ1n) is 7.08. The SMILES string of the molecule is Cc1cccc(Oc2cc(Br)ccc2CNC2CC2)c1F. The van der Waals surface area contributed by atoms with Crippen molar-refractivity contribution in [1.82, 2.24) is 5.32 Å². The number of aryl methyl sites for hydroxylation is 1. The molecule has 0 aromatic heterocycles. The van der Waals surface area contributed by atoms with E-state index >= 15 is 0 Å². The van der Waals surface area contributed by atoms with Crippen LogP contribution in [-0.4, -0.2) is 6.04 Å². The van der Waals surface area contributed by atoms with E-state index in [0.29, 0.717) is 17.4 Å². The van der Waals surface area contributed by atoms with Crippen LogP contribution in [0.3, 0.4) is 0 Å². The first-order chi connectivity index (χ1) is 10.1. The van der Waals surface area contributed by atoms with Crippen LogP contribution in [0.25, 0.3) is 0 Å². The molecule has 1 fully saturated rings. The summed E-state index contributed by atoms with van der Waals surface area (Å²) in [7, 11) is 0. The quantitative estimate of drug-likeness (QED) is 0.825. The predicted octanol–water partition coefficient (Wildman–Crippen LogP) is 4.94. The van der Waals surface area contributed by atoms with Crippen LogP contribution in [0.5, 0.6) is 11.5 Å². The molecule has 21 heavy (non-hydrogen) atoms. The van der Waals surface area contributed by atoms with E-state index in [0.717, 1.165) is 16.6 Å². The average molecular weight is 350 g/mol. The summed E-state index contributed by atoms with van der Waals surface area (Å²) in [6, 6.07) is 11.7. The number of ether oxygens (including phenoxy) is 1. The van der Waals surface area contributed by atoms with Gasteiger partial charge in [-0.25, -0.2) is 4.39 Å². The van der Waals surface area contributed by atoms with E-state index in [1.54, 1.807) is 25.1 Å². The van der Waals surface area contributed by atoms with Crippen molar-refractivity contribution in [2.24, 2.45) is 0 Å². The first kappa shape index (κ1) is 14.5. The second-order valence-electron chi connectivity index (χ2n) is 5.40. The van der Waals surface area contributed by atoms with Crippen molar-refractivity contribution in [3.63, 3.8) is 0 Å². The van der Waals surface area contributed by atoms with E-state index in [9.17, 15) is 4.39 Å². The molecule has 2 aromatic rings. The molecule has 4 heteroatoms. The summed E-state index contributed by atoms with van der Waals surface area (Å²) in [5, 5.41) is 3.46. The zero-order valence-corrected chi connectivity index (χ0v) is 13.4. The first-order valence-corrected chi connectivity index (χ1v) is 7.87. The van der Waals surface area contributed by atoms with Crippen molar-refractivity contribution in [3.8, 4) is 11.5 Å². The molecule has 110 valence electrons. The molecule has 0 aliphatic heterocycles. The molecular weight excluding hydrogens is 333 g/mol. The Kier molecular flexibility index (Phi) is 4.27. The Hall–Kier alpha value is -1.39. The molecule has 0 saturated heterocycles. The normalized spacial score (nSPS) is 14.2. The van der Waals surface area contributed by atoms with Gasteiger partial charge in [0.2, 0.25) is 0 Å². The van der Waals surface area contributed by atoms with Crippen LogP contribution in [0, 0.1) is 12.7 Å². The molecule has 0 radical (unpaired) electrons. The molecule has 1 N–H and O–H groups in total. The number of hydrogen-bond donors (Lipinski definition) is 1. The third-order valence-corrected chi connectivity index (χ3v) is 4.06. The molecular formula is C17H17BrFNO. The van der Waals surface area contributed by atoms with Crippen molar-refractivity contribution >= 4 is 15.9 Å². The highest BCUT2D eigenvalue weighted by atomic mass is 79.9. The van der Waals surface area contributed by atoms with E-state index < -0.39 is 0 Å². The minimum Gasteiger partial charge on any atom is -0.454 e. The van der Waals surface area contributed by atoms with Crippen molar-refractivity contribution in [2.75, 3.05) is 0 Å². The summed E-state index contributed by atoms with van der Waals surface area (Å²) in [6.07, 6.45) is 2.47. The van der Waals surface area contributed by atoms with Crippen LogP contribution in [0.2, 0.25) is 0 Å². The largest absolute Gasteiger partial charge is 0.454 e. The number of benzene rings is 2. The van der Waals surface area contributed by atoms with Gasteiger partial charge in [0.05, 0.1) is 0 Å². The summed E-state index contributed by atoms with van der Waals surface area (Å²) < 4.78 is 20.8. The Labute approximate surface area is 132 Å². The van der Waals surface area contributed by atoms with Crippen LogP contribution in [0.4, 0.5) is 4.39 Å². The minimum atomic E-state index is -0.307. The third kappa shape index (κ3) is 3.63. The lowest BCUT2D eigenvalue weighted by atomic mass is 10.2. The Morgan fingerprint density at radius 3 is 2.81 bits per heavy atom. The molecule has 2 nitrogen and oxygen atoms in total. The molecule has 1 saturated carbocycles. The van der Waals surface area contributed by atoms with Gasteiger partial charge in [0.1, 0.15) is 5.75 Å². The van der Waals surface area contributed by atoms with Gasteiger partial charge in [0.25, 0.3) is 0 Å². The Morgan fingerprint density at radius 2 is 2.05 bits per heavy atom. The predicted molar refractivity (Wildman–Crippen MR) is 85.2 cm³/mol. The molecule has 0 bridgehead atoms. The molecule has 0 amide bonds. The number of nitrogens with one attached hydrogen (secondary N) is 1. The number of rotatable bonds is 5. The smallest absolute Gasteiger partial charge is 0.168 e. The molecule has 3 rings (SSSR count). The van der Waals surface area contributed by atoms with Gasteiger partial charge in [0, 0.05) is 22.6 Å². The fourth-order valence-electron chi connectivity index (χ4n) is 2.13. The van der Waals surface area contributed by atoms with E-state index in [4.69, 9.17) is 4.74 Å². The Morgan fingerprint density at radius 1 is 1.24 bits per heavy atom. The van der Waals surface area contributed by atoms with Crippen molar-refractivity contribution in [1.29, 1.82) is 0 Å². The number of halogens is 2. The average Bonchev–Trinajstić information content (AvgIpc) is 3.27. The highest BCUT2D eigenvalue weighted by Crippen LogP contribution is 2.31. The molecule has 2 aromatic carbocycles. The van der Waals surface area contributed by atoms with Gasteiger partial charge in [-0.05, 0) is 43.5 Å². The van der Waals surface area contributed by atoms with Gasteiger partial charge >= 0.3 is 0 Å². The van der Waals surface area contributed by atoms with Crippen LogP contribution in [-0.2, 0) is 6.54 Å². The molecule has 0 unspecified atom stereocenters. The monoisotopic (exact) mass is 349 g/mol. The van der Waals surface area contributed by atoms with Gasteiger partial charge in [-0.3, -0.25) is 0 Å². The summed E-state index contributed by atoms with van der Waals surface area (Å²) in [5.41, 5.74) is 1.62. The minimum absolute atomic E-state index is 0.265. The molecule has 0 heterocycles. The maximum Gasteiger partial charge on any atom is 0.168 e. The second kappa shape index (κ2) is 6.16. The lowest BCUT2D eigenvalue weighted by molar-refractivity contribution is 0.433.